The number of hydrogen-bond donors (Lipinski definition) is 3. The first kappa shape index (κ1) is 18.5. The summed E-state index contributed by atoms with van der Waals surface area (Å²) in [6, 6.07) is 1.72. The number of pyridine rings is 1. The molecule has 3 aliphatic rings. The van der Waals surface area contributed by atoms with E-state index in [1.54, 1.807) is 12.3 Å². The van der Waals surface area contributed by atoms with Gasteiger partial charge in [-0.15, -0.1) is 0 Å². The Morgan fingerprint density at radius 3 is 2.71 bits per heavy atom. The van der Waals surface area contributed by atoms with Gasteiger partial charge in [-0.2, -0.15) is 0 Å². The van der Waals surface area contributed by atoms with E-state index in [0.29, 0.717) is 23.6 Å². The Hall–Kier alpha value is -2.87. The minimum absolute atomic E-state index is 0.0801. The number of piperidine rings is 1. The number of hydrogen-bond acceptors (Lipinski definition) is 7. The topological polar surface area (TPSA) is 104 Å². The van der Waals surface area contributed by atoms with E-state index in [-0.39, 0.29) is 11.6 Å². The summed E-state index contributed by atoms with van der Waals surface area (Å²) < 4.78 is 0. The fourth-order valence-electron chi connectivity index (χ4n) is 4.43. The number of likely N-dealkylation sites (tertiary alicyclic amines) is 1. The quantitative estimate of drug-likeness (QED) is 0.514. The number of carbonyl (C=O) groups excluding carboxylic acids is 2. The molecule has 4 N–H and O–H groups in total. The summed E-state index contributed by atoms with van der Waals surface area (Å²) >= 11 is 0. The predicted molar refractivity (Wildman–Crippen MR) is 107 cm³/mol. The van der Waals surface area contributed by atoms with Crippen molar-refractivity contribution in [2.24, 2.45) is 0 Å². The van der Waals surface area contributed by atoms with Gasteiger partial charge in [0.1, 0.15) is 17.2 Å². The summed E-state index contributed by atoms with van der Waals surface area (Å²) in [6.45, 7) is 3.78. The van der Waals surface area contributed by atoms with Crippen molar-refractivity contribution < 1.29 is 9.59 Å². The molecule has 2 saturated heterocycles. The molecule has 1 aromatic rings. The third-order valence-corrected chi connectivity index (χ3v) is 6.25. The van der Waals surface area contributed by atoms with Gasteiger partial charge < -0.3 is 26.2 Å². The second kappa shape index (κ2) is 6.63. The molecule has 28 heavy (non-hydrogen) atoms. The standard InChI is InChI=1S/C20H26N6O2/c1-12(14-8-13-10-22-17(21)9-15(13)23-16(14)11-27)18-19(28)24-20(26(18)3)4-6-25(2)7-5-20/h9-11,23H,4-8H2,1-3H3,(H2,21,22)(H,24,28)/b18-12-. The molecule has 0 unspecified atom stereocenters. The van der Waals surface area contributed by atoms with E-state index in [0.717, 1.165) is 54.6 Å². The fourth-order valence-corrected chi connectivity index (χ4v) is 4.43. The molecule has 4 heterocycles. The Kier molecular flexibility index (Phi) is 4.38. The number of nitrogens with one attached hydrogen (secondary N) is 2. The number of nitrogens with zero attached hydrogens (tertiary/aromatic N) is 3. The number of amides is 1. The van der Waals surface area contributed by atoms with Crippen LogP contribution >= 0.6 is 0 Å². The number of rotatable bonds is 2. The average molecular weight is 382 g/mol. The molecule has 1 spiro atoms. The molecular formula is C20H26N6O2. The van der Waals surface area contributed by atoms with Gasteiger partial charge in [-0.05, 0) is 30.7 Å². The maximum atomic E-state index is 12.9. The summed E-state index contributed by atoms with van der Waals surface area (Å²) in [5, 5.41) is 6.36. The average Bonchev–Trinajstić information content (AvgIpc) is 2.92. The summed E-state index contributed by atoms with van der Waals surface area (Å²) in [6.07, 6.45) is 4.78. The minimum Gasteiger partial charge on any atom is -0.384 e. The second-order valence-corrected chi connectivity index (χ2v) is 7.90. The Morgan fingerprint density at radius 1 is 1.32 bits per heavy atom. The van der Waals surface area contributed by atoms with Crippen LogP contribution in [-0.4, -0.2) is 59.8 Å². The van der Waals surface area contributed by atoms with Crippen molar-refractivity contribution >= 4 is 23.7 Å². The van der Waals surface area contributed by atoms with Crippen molar-refractivity contribution in [1.82, 2.24) is 20.1 Å². The van der Waals surface area contributed by atoms with Gasteiger partial charge in [0.05, 0.1) is 5.70 Å². The molecule has 0 aliphatic carbocycles. The molecule has 0 radical (unpaired) electrons. The molecule has 2 fully saturated rings. The number of fused-ring (bicyclic) bond motifs is 1. The highest BCUT2D eigenvalue weighted by Crippen LogP contribution is 2.38. The molecule has 3 aliphatic heterocycles. The number of likely N-dealkylation sites (N-methyl/N-ethyl adjacent to an activating group) is 1. The van der Waals surface area contributed by atoms with E-state index in [1.807, 2.05) is 14.0 Å². The lowest BCUT2D eigenvalue weighted by molar-refractivity contribution is -0.117. The van der Waals surface area contributed by atoms with E-state index < -0.39 is 0 Å². The predicted octanol–water partition coefficient (Wildman–Crippen LogP) is 0.842. The normalized spacial score (nSPS) is 23.4. The highest BCUT2D eigenvalue weighted by Gasteiger charge is 2.47. The van der Waals surface area contributed by atoms with Gasteiger partial charge in [0.2, 0.25) is 0 Å². The van der Waals surface area contributed by atoms with Crippen LogP contribution in [0.15, 0.2) is 34.8 Å². The first-order chi connectivity index (χ1) is 13.3. The zero-order chi connectivity index (χ0) is 20.1. The summed E-state index contributed by atoms with van der Waals surface area (Å²) in [5.41, 5.74) is 9.87. The SMILES string of the molecule is C/C(C1=C(C=O)Nc2cc(N)ncc2C1)=C1\C(=O)NC2(CCN(C)CC2)N1C. The van der Waals surface area contributed by atoms with Crippen LogP contribution in [-0.2, 0) is 16.0 Å². The van der Waals surface area contributed by atoms with Gasteiger partial charge in [-0.3, -0.25) is 9.59 Å². The molecule has 8 heteroatoms. The molecule has 148 valence electrons. The largest absolute Gasteiger partial charge is 0.384 e. The number of aldehydes is 1. The van der Waals surface area contributed by atoms with Crippen LogP contribution in [0.4, 0.5) is 11.5 Å². The van der Waals surface area contributed by atoms with Crippen molar-refractivity contribution in [3.63, 3.8) is 0 Å². The van der Waals surface area contributed by atoms with Crippen LogP contribution in [0.1, 0.15) is 25.3 Å². The third-order valence-electron chi connectivity index (χ3n) is 6.25. The second-order valence-electron chi connectivity index (χ2n) is 7.90. The van der Waals surface area contributed by atoms with Gasteiger partial charge in [0, 0.05) is 57.4 Å². The Bertz CT molecular complexity index is 911. The van der Waals surface area contributed by atoms with Gasteiger partial charge in [-0.1, -0.05) is 0 Å². The van der Waals surface area contributed by atoms with Crippen molar-refractivity contribution in [3.05, 3.63) is 40.4 Å². The number of nitrogen functional groups attached to an aromatic ring is 1. The molecule has 1 aromatic heterocycles. The molecule has 8 nitrogen and oxygen atoms in total. The lowest BCUT2D eigenvalue weighted by Crippen LogP contribution is -2.56. The minimum atomic E-state index is -0.349. The first-order valence-corrected chi connectivity index (χ1v) is 9.50. The van der Waals surface area contributed by atoms with Gasteiger partial charge in [0.15, 0.2) is 6.29 Å². The van der Waals surface area contributed by atoms with Crippen LogP contribution in [0.5, 0.6) is 0 Å². The number of carbonyl (C=O) groups is 2. The highest BCUT2D eigenvalue weighted by atomic mass is 16.2. The fraction of sp³-hybridized carbons (Fsp3) is 0.450. The van der Waals surface area contributed by atoms with E-state index >= 15 is 0 Å². The third kappa shape index (κ3) is 2.84. The molecule has 0 saturated carbocycles. The zero-order valence-corrected chi connectivity index (χ0v) is 16.5. The maximum absolute atomic E-state index is 12.9. The van der Waals surface area contributed by atoms with Crippen LogP contribution in [0.2, 0.25) is 0 Å². The van der Waals surface area contributed by atoms with Crippen molar-refractivity contribution in [2.45, 2.75) is 31.8 Å². The maximum Gasteiger partial charge on any atom is 0.269 e. The van der Waals surface area contributed by atoms with Crippen LogP contribution in [0, 0.1) is 0 Å². The number of anilines is 2. The van der Waals surface area contributed by atoms with Crippen molar-refractivity contribution in [3.8, 4) is 0 Å². The van der Waals surface area contributed by atoms with Gasteiger partial charge >= 0.3 is 0 Å². The molecule has 0 bridgehead atoms. The summed E-state index contributed by atoms with van der Waals surface area (Å²) in [7, 11) is 4.06. The summed E-state index contributed by atoms with van der Waals surface area (Å²) in [5.74, 6) is 0.317. The highest BCUT2D eigenvalue weighted by molar-refractivity contribution is 5.98. The zero-order valence-electron chi connectivity index (χ0n) is 16.5. The van der Waals surface area contributed by atoms with Crippen LogP contribution in [0.3, 0.4) is 0 Å². The Morgan fingerprint density at radius 2 is 2.04 bits per heavy atom. The molecule has 4 rings (SSSR count). The van der Waals surface area contributed by atoms with Gasteiger partial charge in [0.25, 0.3) is 5.91 Å². The van der Waals surface area contributed by atoms with Crippen molar-refractivity contribution in [2.75, 3.05) is 38.2 Å². The van der Waals surface area contributed by atoms with Gasteiger partial charge in [-0.25, -0.2) is 4.98 Å². The molecule has 0 aromatic carbocycles. The molecular weight excluding hydrogens is 356 g/mol. The van der Waals surface area contributed by atoms with E-state index in [2.05, 4.69) is 32.5 Å². The number of nitrogens with two attached hydrogens (primary N) is 1. The monoisotopic (exact) mass is 382 g/mol. The van der Waals surface area contributed by atoms with Crippen molar-refractivity contribution in [1.29, 1.82) is 0 Å². The first-order valence-electron chi connectivity index (χ1n) is 9.50. The van der Waals surface area contributed by atoms with E-state index in [9.17, 15) is 9.59 Å². The van der Waals surface area contributed by atoms with Crippen LogP contribution in [0.25, 0.3) is 0 Å². The lowest BCUT2D eigenvalue weighted by atomic mass is 9.92. The Balaban J connectivity index is 1.73. The van der Waals surface area contributed by atoms with Crippen LogP contribution < -0.4 is 16.4 Å². The molecule has 0 atom stereocenters. The Labute approximate surface area is 164 Å². The smallest absolute Gasteiger partial charge is 0.269 e. The summed E-state index contributed by atoms with van der Waals surface area (Å²) in [4.78, 5) is 33.2. The number of allylic oxidation sites excluding steroid dienone is 3. The number of aromatic nitrogens is 1. The lowest BCUT2D eigenvalue weighted by Gasteiger charge is -2.42. The molecule has 1 amide bonds. The van der Waals surface area contributed by atoms with E-state index in [1.165, 1.54) is 0 Å². The van der Waals surface area contributed by atoms with E-state index in [4.69, 9.17) is 5.73 Å².